The third-order valence-corrected chi connectivity index (χ3v) is 4.80. The Kier molecular flexibility index (Phi) is 7.72. The first-order chi connectivity index (χ1) is 12.4. The maximum atomic E-state index is 10.9. The number of carboxylic acids is 1. The molecule has 1 aromatic rings. The predicted molar refractivity (Wildman–Crippen MR) is 102 cm³/mol. The minimum absolute atomic E-state index is 0.110. The minimum Gasteiger partial charge on any atom is -0.493 e. The Bertz CT molecular complexity index is 591. The van der Waals surface area contributed by atoms with Crippen molar-refractivity contribution in [3.05, 3.63) is 23.8 Å². The number of rotatable bonds is 8. The van der Waals surface area contributed by atoms with Crippen LogP contribution in [0.25, 0.3) is 0 Å². The van der Waals surface area contributed by atoms with E-state index < -0.39 is 5.97 Å². The van der Waals surface area contributed by atoms with Gasteiger partial charge < -0.3 is 14.6 Å². The zero-order valence-corrected chi connectivity index (χ0v) is 16.4. The van der Waals surface area contributed by atoms with Gasteiger partial charge in [0.05, 0.1) is 19.8 Å². The number of benzene rings is 1. The van der Waals surface area contributed by atoms with E-state index in [4.69, 9.17) is 14.6 Å². The van der Waals surface area contributed by atoms with Crippen molar-refractivity contribution < 1.29 is 19.4 Å². The van der Waals surface area contributed by atoms with E-state index in [1.54, 1.807) is 7.11 Å². The molecule has 1 unspecified atom stereocenters. The van der Waals surface area contributed by atoms with Crippen molar-refractivity contribution in [3.63, 3.8) is 0 Å². The van der Waals surface area contributed by atoms with Crippen molar-refractivity contribution in [2.45, 2.75) is 51.8 Å². The number of carboxylic acid groups (broad SMARTS) is 1. The van der Waals surface area contributed by atoms with Crippen LogP contribution in [0.5, 0.6) is 11.5 Å². The highest BCUT2D eigenvalue weighted by atomic mass is 16.5. The summed E-state index contributed by atoms with van der Waals surface area (Å²) >= 11 is 0. The van der Waals surface area contributed by atoms with E-state index in [1.807, 2.05) is 31.9 Å². The topological polar surface area (TPSA) is 62.2 Å². The van der Waals surface area contributed by atoms with E-state index in [0.717, 1.165) is 50.4 Å². The molecule has 0 amide bonds. The molecule has 0 spiro atoms. The van der Waals surface area contributed by atoms with Gasteiger partial charge in [-0.15, -0.1) is 0 Å². The Hall–Kier alpha value is -1.79. The SMILES string of the molecule is COc1cc(CN2CCCC(N(C)CC(=O)O)CC2)ccc1OC(C)C. The lowest BCUT2D eigenvalue weighted by molar-refractivity contribution is -0.138. The molecule has 26 heavy (non-hydrogen) atoms. The van der Waals surface area contributed by atoms with Crippen LogP contribution in [0.15, 0.2) is 18.2 Å². The summed E-state index contributed by atoms with van der Waals surface area (Å²) in [5.74, 6) is 0.784. The molecule has 1 heterocycles. The maximum Gasteiger partial charge on any atom is 0.317 e. The number of likely N-dealkylation sites (N-methyl/N-ethyl adjacent to an activating group) is 1. The fourth-order valence-electron chi connectivity index (χ4n) is 3.50. The fraction of sp³-hybridized carbons (Fsp3) is 0.650. The first-order valence-corrected chi connectivity index (χ1v) is 9.37. The predicted octanol–water partition coefficient (Wildman–Crippen LogP) is 2.85. The number of aliphatic carboxylic acids is 1. The van der Waals surface area contributed by atoms with Gasteiger partial charge in [-0.05, 0) is 70.9 Å². The van der Waals surface area contributed by atoms with Gasteiger partial charge in [0.15, 0.2) is 11.5 Å². The third kappa shape index (κ3) is 6.18. The summed E-state index contributed by atoms with van der Waals surface area (Å²) in [4.78, 5) is 15.3. The highest BCUT2D eigenvalue weighted by Crippen LogP contribution is 2.29. The first kappa shape index (κ1) is 20.5. The van der Waals surface area contributed by atoms with E-state index in [1.165, 1.54) is 5.56 Å². The normalized spacial score (nSPS) is 18.8. The zero-order chi connectivity index (χ0) is 19.1. The molecule has 6 heteroatoms. The van der Waals surface area contributed by atoms with Crippen LogP contribution in [-0.2, 0) is 11.3 Å². The number of nitrogens with zero attached hydrogens (tertiary/aromatic N) is 2. The fourth-order valence-corrected chi connectivity index (χ4v) is 3.50. The molecule has 1 aliphatic heterocycles. The molecule has 1 N–H and O–H groups in total. The van der Waals surface area contributed by atoms with Gasteiger partial charge in [-0.25, -0.2) is 0 Å². The number of carbonyl (C=O) groups is 1. The van der Waals surface area contributed by atoms with E-state index in [0.29, 0.717) is 6.04 Å². The van der Waals surface area contributed by atoms with E-state index in [9.17, 15) is 4.79 Å². The molecule has 0 aliphatic carbocycles. The van der Waals surface area contributed by atoms with Gasteiger partial charge in [0.2, 0.25) is 0 Å². The smallest absolute Gasteiger partial charge is 0.317 e. The molecule has 1 aliphatic rings. The van der Waals surface area contributed by atoms with Crippen LogP contribution in [0.4, 0.5) is 0 Å². The molecule has 1 aromatic carbocycles. The summed E-state index contributed by atoms with van der Waals surface area (Å²) in [7, 11) is 3.58. The Labute approximate surface area is 156 Å². The molecule has 0 radical (unpaired) electrons. The molecular weight excluding hydrogens is 332 g/mol. The van der Waals surface area contributed by atoms with Gasteiger partial charge in [-0.2, -0.15) is 0 Å². The molecule has 1 saturated heterocycles. The minimum atomic E-state index is -0.760. The lowest BCUT2D eigenvalue weighted by atomic mass is 10.1. The van der Waals surface area contributed by atoms with E-state index >= 15 is 0 Å². The third-order valence-electron chi connectivity index (χ3n) is 4.80. The largest absolute Gasteiger partial charge is 0.493 e. The Balaban J connectivity index is 1.95. The standard InChI is InChI=1S/C20H32N2O4/c1-15(2)26-18-8-7-16(12-19(18)25-4)13-22-10-5-6-17(9-11-22)21(3)14-20(23)24/h7-8,12,15,17H,5-6,9-11,13-14H2,1-4H3,(H,23,24). The lowest BCUT2D eigenvalue weighted by Gasteiger charge is -2.25. The summed E-state index contributed by atoms with van der Waals surface area (Å²) < 4.78 is 11.3. The summed E-state index contributed by atoms with van der Waals surface area (Å²) in [6, 6.07) is 6.47. The van der Waals surface area contributed by atoms with Crippen molar-refractivity contribution in [2.24, 2.45) is 0 Å². The van der Waals surface area contributed by atoms with E-state index in [2.05, 4.69) is 17.0 Å². The van der Waals surface area contributed by atoms with E-state index in [-0.39, 0.29) is 12.6 Å². The molecule has 6 nitrogen and oxygen atoms in total. The molecule has 2 rings (SSSR count). The number of hydrogen-bond donors (Lipinski definition) is 1. The Morgan fingerprint density at radius 1 is 1.31 bits per heavy atom. The second kappa shape index (κ2) is 9.78. The average Bonchev–Trinajstić information content (AvgIpc) is 2.81. The number of hydrogen-bond acceptors (Lipinski definition) is 5. The molecule has 146 valence electrons. The van der Waals surface area contributed by atoms with Crippen molar-refractivity contribution in [1.82, 2.24) is 9.80 Å². The highest BCUT2D eigenvalue weighted by molar-refractivity contribution is 5.69. The summed E-state index contributed by atoms with van der Waals surface area (Å²) in [6.45, 7) is 6.99. The summed E-state index contributed by atoms with van der Waals surface area (Å²) in [6.07, 6.45) is 3.24. The Morgan fingerprint density at radius 3 is 2.73 bits per heavy atom. The summed E-state index contributed by atoms with van der Waals surface area (Å²) in [5.41, 5.74) is 1.20. The van der Waals surface area contributed by atoms with Crippen molar-refractivity contribution in [3.8, 4) is 11.5 Å². The molecule has 0 aromatic heterocycles. The molecular formula is C20H32N2O4. The molecule has 1 fully saturated rings. The van der Waals surface area contributed by atoms with Gasteiger partial charge in [-0.3, -0.25) is 14.6 Å². The quantitative estimate of drug-likeness (QED) is 0.765. The Morgan fingerprint density at radius 2 is 2.08 bits per heavy atom. The molecule has 0 saturated carbocycles. The van der Waals surface area contributed by atoms with Crippen molar-refractivity contribution in [1.29, 1.82) is 0 Å². The second-order valence-electron chi connectivity index (χ2n) is 7.32. The number of methoxy groups -OCH3 is 1. The first-order valence-electron chi connectivity index (χ1n) is 9.37. The zero-order valence-electron chi connectivity index (χ0n) is 16.4. The summed E-state index contributed by atoms with van der Waals surface area (Å²) in [5, 5.41) is 8.98. The van der Waals surface area contributed by atoms with Crippen LogP contribution >= 0.6 is 0 Å². The van der Waals surface area contributed by atoms with Gasteiger partial charge in [-0.1, -0.05) is 6.07 Å². The van der Waals surface area contributed by atoms with Crippen molar-refractivity contribution in [2.75, 3.05) is 33.8 Å². The molecule has 1 atom stereocenters. The van der Waals surface area contributed by atoms with Gasteiger partial charge in [0.1, 0.15) is 0 Å². The van der Waals surface area contributed by atoms with Crippen LogP contribution in [0.1, 0.15) is 38.7 Å². The van der Waals surface area contributed by atoms with Crippen molar-refractivity contribution >= 4 is 5.97 Å². The van der Waals surface area contributed by atoms with Crippen LogP contribution in [0.2, 0.25) is 0 Å². The van der Waals surface area contributed by atoms with Crippen LogP contribution in [-0.4, -0.2) is 66.8 Å². The monoisotopic (exact) mass is 364 g/mol. The maximum absolute atomic E-state index is 10.9. The lowest BCUT2D eigenvalue weighted by Crippen LogP contribution is -2.36. The average molecular weight is 364 g/mol. The van der Waals surface area contributed by atoms with Crippen LogP contribution < -0.4 is 9.47 Å². The second-order valence-corrected chi connectivity index (χ2v) is 7.32. The number of likely N-dealkylation sites (tertiary alicyclic amines) is 1. The highest BCUT2D eigenvalue weighted by Gasteiger charge is 2.22. The van der Waals surface area contributed by atoms with Gasteiger partial charge in [0.25, 0.3) is 0 Å². The number of ether oxygens (including phenoxy) is 2. The van der Waals surface area contributed by atoms with Gasteiger partial charge >= 0.3 is 5.97 Å². The van der Waals surface area contributed by atoms with Crippen LogP contribution in [0.3, 0.4) is 0 Å². The van der Waals surface area contributed by atoms with Gasteiger partial charge in [0, 0.05) is 12.6 Å². The van der Waals surface area contributed by atoms with Crippen LogP contribution in [0, 0.1) is 0 Å². The molecule has 0 bridgehead atoms.